The van der Waals surface area contributed by atoms with Gasteiger partial charge in [-0.15, -0.1) is 0 Å². The molecule has 12 rings (SSSR count). The van der Waals surface area contributed by atoms with Crippen molar-refractivity contribution >= 4 is 28.0 Å². The molecule has 0 saturated carbocycles. The quantitative estimate of drug-likeness (QED) is 0.180. The zero-order valence-corrected chi connectivity index (χ0v) is 29.9. The number of allylic oxidation sites excluding steroid dienone is 1. The fourth-order valence-corrected chi connectivity index (χ4v) is 8.93. The minimum absolute atomic E-state index is 0.572. The number of anilines is 2. The number of para-hydroxylation sites is 3. The molecule has 6 heteroatoms. The van der Waals surface area contributed by atoms with Gasteiger partial charge in [0.2, 0.25) is 0 Å². The van der Waals surface area contributed by atoms with Crippen molar-refractivity contribution in [1.29, 1.82) is 0 Å². The van der Waals surface area contributed by atoms with Gasteiger partial charge in [-0.05, 0) is 58.7 Å². The Bertz CT molecular complexity index is 2960. The lowest BCUT2D eigenvalue weighted by molar-refractivity contribution is 0.346. The van der Waals surface area contributed by atoms with E-state index in [0.717, 1.165) is 78.7 Å². The molecule has 0 atom stereocenters. The standard InChI is InChI=1S/C50H30N4O2/c1-4-16-31(17-5-1)47-51-48(32-18-6-2-7-19-32)53-49(52-47)33-28-29-37-42(30-33)56-45-43(37)44-46(50(45)38-24-12-10-22-35(38)36-23-11-13-25-39(36)50)55-41-27-15-14-26-40(41)54(44)34-20-8-3-9-21-34/h1-30H. The fourth-order valence-electron chi connectivity index (χ4n) is 8.93. The molecule has 7 aromatic carbocycles. The summed E-state index contributed by atoms with van der Waals surface area (Å²) in [6.45, 7) is 0. The maximum atomic E-state index is 7.31. The monoisotopic (exact) mass is 718 g/mol. The largest absolute Gasteiger partial charge is 0.459 e. The van der Waals surface area contributed by atoms with E-state index in [2.05, 4.69) is 120 Å². The van der Waals surface area contributed by atoms with Crippen molar-refractivity contribution in [2.75, 3.05) is 4.90 Å². The second-order valence-electron chi connectivity index (χ2n) is 14.3. The van der Waals surface area contributed by atoms with Gasteiger partial charge in [0.05, 0.1) is 16.9 Å². The number of ether oxygens (including phenoxy) is 1. The molecule has 9 aromatic rings. The molecular weight excluding hydrogens is 689 g/mol. The number of benzene rings is 7. The van der Waals surface area contributed by atoms with E-state index in [4.69, 9.17) is 24.1 Å². The minimum atomic E-state index is -0.842. The van der Waals surface area contributed by atoms with Crippen LogP contribution in [0.25, 0.3) is 62.0 Å². The van der Waals surface area contributed by atoms with E-state index >= 15 is 0 Å². The number of rotatable bonds is 4. The molecule has 0 saturated heterocycles. The van der Waals surface area contributed by atoms with E-state index in [-0.39, 0.29) is 0 Å². The summed E-state index contributed by atoms with van der Waals surface area (Å²) in [7, 11) is 0. The van der Waals surface area contributed by atoms with Gasteiger partial charge in [-0.3, -0.25) is 0 Å². The first-order valence-corrected chi connectivity index (χ1v) is 18.8. The number of hydrogen-bond acceptors (Lipinski definition) is 6. The Kier molecular flexibility index (Phi) is 6.45. The van der Waals surface area contributed by atoms with Gasteiger partial charge in [-0.25, -0.2) is 15.0 Å². The molecule has 262 valence electrons. The Hall–Kier alpha value is -7.57. The third-order valence-corrected chi connectivity index (χ3v) is 11.3. The first-order valence-electron chi connectivity index (χ1n) is 18.8. The molecule has 3 heterocycles. The molecule has 1 spiro atoms. The SMILES string of the molecule is c1ccc(-c2nc(-c3ccccc3)nc(-c3ccc4c5c(oc4c3)C3(C4=C5N(c5ccccc5)c5ccccc5O4)c4ccccc4-c4ccccc43)n2)cc1. The van der Waals surface area contributed by atoms with E-state index in [0.29, 0.717) is 17.5 Å². The Morgan fingerprint density at radius 3 is 1.66 bits per heavy atom. The summed E-state index contributed by atoms with van der Waals surface area (Å²) in [5, 5.41) is 0.986. The van der Waals surface area contributed by atoms with Gasteiger partial charge in [0.25, 0.3) is 0 Å². The van der Waals surface area contributed by atoms with Crippen LogP contribution in [0.3, 0.4) is 0 Å². The molecule has 0 unspecified atom stereocenters. The van der Waals surface area contributed by atoms with Crippen LogP contribution in [0.1, 0.15) is 22.5 Å². The Labute approximate surface area is 322 Å². The molecule has 0 amide bonds. The van der Waals surface area contributed by atoms with E-state index in [1.165, 1.54) is 11.1 Å². The summed E-state index contributed by atoms with van der Waals surface area (Å²) in [6, 6.07) is 62.6. The van der Waals surface area contributed by atoms with Crippen molar-refractivity contribution in [2.45, 2.75) is 5.41 Å². The molecular formula is C50H30N4O2. The van der Waals surface area contributed by atoms with Gasteiger partial charge in [-0.1, -0.05) is 146 Å². The van der Waals surface area contributed by atoms with E-state index in [1.807, 2.05) is 66.7 Å². The smallest absolute Gasteiger partial charge is 0.164 e. The normalized spacial score (nSPS) is 14.2. The van der Waals surface area contributed by atoms with Gasteiger partial charge in [0.1, 0.15) is 16.8 Å². The van der Waals surface area contributed by atoms with Crippen LogP contribution in [0.2, 0.25) is 0 Å². The Morgan fingerprint density at radius 2 is 1.02 bits per heavy atom. The molecule has 0 N–H and O–H groups in total. The van der Waals surface area contributed by atoms with E-state index < -0.39 is 5.41 Å². The highest BCUT2D eigenvalue weighted by Crippen LogP contribution is 2.66. The molecule has 56 heavy (non-hydrogen) atoms. The van der Waals surface area contributed by atoms with Gasteiger partial charge in [-0.2, -0.15) is 0 Å². The summed E-state index contributed by atoms with van der Waals surface area (Å²) < 4.78 is 14.5. The Balaban J connectivity index is 1.14. The van der Waals surface area contributed by atoms with Crippen LogP contribution in [0.5, 0.6) is 5.75 Å². The molecule has 2 aromatic heterocycles. The van der Waals surface area contributed by atoms with Crippen LogP contribution in [0, 0.1) is 0 Å². The van der Waals surface area contributed by atoms with Crippen molar-refractivity contribution < 1.29 is 9.15 Å². The van der Waals surface area contributed by atoms with E-state index in [1.54, 1.807) is 0 Å². The van der Waals surface area contributed by atoms with Crippen LogP contribution in [0.4, 0.5) is 11.4 Å². The van der Waals surface area contributed by atoms with E-state index in [9.17, 15) is 0 Å². The third kappa shape index (κ3) is 4.23. The lowest BCUT2D eigenvalue weighted by atomic mass is 9.76. The average molecular weight is 719 g/mol. The summed E-state index contributed by atoms with van der Waals surface area (Å²) in [5.74, 6) is 4.28. The molecule has 1 aliphatic heterocycles. The van der Waals surface area contributed by atoms with Gasteiger partial charge >= 0.3 is 0 Å². The summed E-state index contributed by atoms with van der Waals surface area (Å²) in [4.78, 5) is 17.4. The summed E-state index contributed by atoms with van der Waals surface area (Å²) in [5.41, 5.74) is 11.2. The number of nitrogens with zero attached hydrogens (tertiary/aromatic N) is 4. The maximum absolute atomic E-state index is 7.31. The zero-order chi connectivity index (χ0) is 36.8. The lowest BCUT2D eigenvalue weighted by Crippen LogP contribution is -2.32. The second kappa shape index (κ2) is 11.7. The van der Waals surface area contributed by atoms with Gasteiger partial charge in [0, 0.05) is 27.8 Å². The highest BCUT2D eigenvalue weighted by atomic mass is 16.5. The molecule has 2 aliphatic carbocycles. The van der Waals surface area contributed by atoms with Crippen molar-refractivity contribution in [2.24, 2.45) is 0 Å². The molecule has 0 radical (unpaired) electrons. The van der Waals surface area contributed by atoms with Crippen molar-refractivity contribution in [3.63, 3.8) is 0 Å². The van der Waals surface area contributed by atoms with Crippen LogP contribution >= 0.6 is 0 Å². The molecule has 0 bridgehead atoms. The summed E-state index contributed by atoms with van der Waals surface area (Å²) >= 11 is 0. The summed E-state index contributed by atoms with van der Waals surface area (Å²) in [6.07, 6.45) is 0. The number of aromatic nitrogens is 3. The number of hydrogen-bond donors (Lipinski definition) is 0. The maximum Gasteiger partial charge on any atom is 0.164 e. The van der Waals surface area contributed by atoms with Crippen LogP contribution in [-0.4, -0.2) is 15.0 Å². The molecule has 0 fully saturated rings. The van der Waals surface area contributed by atoms with Gasteiger partial charge < -0.3 is 14.1 Å². The lowest BCUT2D eigenvalue weighted by Gasteiger charge is -2.36. The van der Waals surface area contributed by atoms with Crippen molar-refractivity contribution in [3.05, 3.63) is 210 Å². The molecule has 3 aliphatic rings. The first-order chi connectivity index (χ1) is 27.8. The fraction of sp³-hybridized carbons (Fsp3) is 0.0200. The topological polar surface area (TPSA) is 64.3 Å². The van der Waals surface area contributed by atoms with Crippen LogP contribution in [-0.2, 0) is 5.41 Å². The van der Waals surface area contributed by atoms with Crippen molar-refractivity contribution in [1.82, 2.24) is 15.0 Å². The zero-order valence-electron chi connectivity index (χ0n) is 29.9. The van der Waals surface area contributed by atoms with Gasteiger partial charge in [0.15, 0.2) is 29.0 Å². The third-order valence-electron chi connectivity index (χ3n) is 11.3. The van der Waals surface area contributed by atoms with Crippen LogP contribution in [0.15, 0.2) is 192 Å². The Morgan fingerprint density at radius 1 is 0.482 bits per heavy atom. The van der Waals surface area contributed by atoms with Crippen LogP contribution < -0.4 is 9.64 Å². The first kappa shape index (κ1) is 30.8. The predicted molar refractivity (Wildman–Crippen MR) is 220 cm³/mol. The highest BCUT2D eigenvalue weighted by Gasteiger charge is 2.60. The minimum Gasteiger partial charge on any atom is -0.459 e. The average Bonchev–Trinajstić information content (AvgIpc) is 3.89. The van der Waals surface area contributed by atoms with Crippen molar-refractivity contribution in [3.8, 4) is 51.0 Å². The predicted octanol–water partition coefficient (Wildman–Crippen LogP) is 11.8. The second-order valence-corrected chi connectivity index (χ2v) is 14.3. The molecule has 6 nitrogen and oxygen atoms in total. The number of fused-ring (bicyclic) bond motifs is 12. The number of furan rings is 1. The highest BCUT2D eigenvalue weighted by molar-refractivity contribution is 6.08.